The SMILES string of the molecule is Cc1cnc(C(C)NC(=O)C2CCC(N)C2)s1.Cl.Cl. The summed E-state index contributed by atoms with van der Waals surface area (Å²) in [7, 11) is 0. The number of carbonyl (C=O) groups is 1. The maximum Gasteiger partial charge on any atom is 0.223 e. The summed E-state index contributed by atoms with van der Waals surface area (Å²) in [5.74, 6) is 0.215. The Labute approximate surface area is 130 Å². The molecule has 1 aliphatic carbocycles. The van der Waals surface area contributed by atoms with Crippen LogP contribution in [0.5, 0.6) is 0 Å². The Morgan fingerprint density at radius 3 is 2.68 bits per heavy atom. The highest BCUT2D eigenvalue weighted by Gasteiger charge is 2.28. The highest BCUT2D eigenvalue weighted by molar-refractivity contribution is 7.11. The first-order valence-electron chi connectivity index (χ1n) is 6.04. The quantitative estimate of drug-likeness (QED) is 0.897. The topological polar surface area (TPSA) is 68.0 Å². The molecule has 4 nitrogen and oxygen atoms in total. The van der Waals surface area contributed by atoms with Gasteiger partial charge in [-0.3, -0.25) is 4.79 Å². The standard InChI is InChI=1S/C12H19N3OS.2ClH/c1-7-6-14-12(17-7)8(2)15-11(16)9-3-4-10(13)5-9;;/h6,8-10H,3-5,13H2,1-2H3,(H,15,16);2*1H. The van der Waals surface area contributed by atoms with Crippen LogP contribution in [-0.2, 0) is 4.79 Å². The molecule has 1 aliphatic rings. The van der Waals surface area contributed by atoms with Crippen molar-refractivity contribution in [3.63, 3.8) is 0 Å². The lowest BCUT2D eigenvalue weighted by molar-refractivity contribution is -0.125. The molecule has 110 valence electrons. The smallest absolute Gasteiger partial charge is 0.223 e. The number of nitrogens with zero attached hydrogens (tertiary/aromatic N) is 1. The van der Waals surface area contributed by atoms with Crippen molar-refractivity contribution in [2.45, 2.75) is 45.2 Å². The fourth-order valence-electron chi connectivity index (χ4n) is 2.22. The Morgan fingerprint density at radius 1 is 1.53 bits per heavy atom. The molecule has 0 aliphatic heterocycles. The number of hydrogen-bond donors (Lipinski definition) is 2. The van der Waals surface area contributed by atoms with Crippen LogP contribution in [0.3, 0.4) is 0 Å². The van der Waals surface area contributed by atoms with Crippen LogP contribution in [0.1, 0.15) is 42.1 Å². The van der Waals surface area contributed by atoms with Crippen LogP contribution >= 0.6 is 36.2 Å². The van der Waals surface area contributed by atoms with Crippen molar-refractivity contribution in [2.24, 2.45) is 11.7 Å². The molecular weight excluding hydrogens is 305 g/mol. The number of nitrogens with two attached hydrogens (primary N) is 1. The number of aryl methyl sites for hydroxylation is 1. The Kier molecular flexibility index (Phi) is 7.89. The zero-order valence-electron chi connectivity index (χ0n) is 11.1. The molecular formula is C12H21Cl2N3OS. The second kappa shape index (κ2) is 8.04. The predicted octanol–water partition coefficient (Wildman–Crippen LogP) is 2.60. The van der Waals surface area contributed by atoms with Crippen LogP contribution in [-0.4, -0.2) is 16.9 Å². The summed E-state index contributed by atoms with van der Waals surface area (Å²) in [5.41, 5.74) is 5.82. The molecule has 1 amide bonds. The molecule has 3 unspecified atom stereocenters. The number of nitrogens with one attached hydrogen (secondary N) is 1. The average Bonchev–Trinajstić information content (AvgIpc) is 2.87. The lowest BCUT2D eigenvalue weighted by atomic mass is 10.1. The van der Waals surface area contributed by atoms with E-state index in [9.17, 15) is 4.79 Å². The van der Waals surface area contributed by atoms with E-state index in [1.807, 2.05) is 20.0 Å². The zero-order valence-corrected chi connectivity index (χ0v) is 13.5. The number of rotatable bonds is 3. The summed E-state index contributed by atoms with van der Waals surface area (Å²) >= 11 is 1.63. The minimum atomic E-state index is -0.00183. The first-order valence-corrected chi connectivity index (χ1v) is 6.86. The highest BCUT2D eigenvalue weighted by Crippen LogP contribution is 2.26. The van der Waals surface area contributed by atoms with Crippen LogP contribution in [0.4, 0.5) is 0 Å². The van der Waals surface area contributed by atoms with E-state index in [0.29, 0.717) is 0 Å². The van der Waals surface area contributed by atoms with Gasteiger partial charge in [-0.25, -0.2) is 4.98 Å². The summed E-state index contributed by atoms with van der Waals surface area (Å²) in [5, 5.41) is 4.00. The monoisotopic (exact) mass is 325 g/mol. The number of amides is 1. The van der Waals surface area contributed by atoms with E-state index in [0.717, 1.165) is 24.3 Å². The minimum Gasteiger partial charge on any atom is -0.347 e. The van der Waals surface area contributed by atoms with Gasteiger partial charge < -0.3 is 11.1 Å². The van der Waals surface area contributed by atoms with E-state index in [4.69, 9.17) is 5.73 Å². The normalized spacial score (nSPS) is 23.1. The van der Waals surface area contributed by atoms with Gasteiger partial charge in [-0.05, 0) is 33.1 Å². The van der Waals surface area contributed by atoms with Gasteiger partial charge in [0.25, 0.3) is 0 Å². The van der Waals surface area contributed by atoms with Gasteiger partial charge in [-0.15, -0.1) is 36.2 Å². The van der Waals surface area contributed by atoms with Gasteiger partial charge in [0.1, 0.15) is 5.01 Å². The fraction of sp³-hybridized carbons (Fsp3) is 0.667. The lowest BCUT2D eigenvalue weighted by Crippen LogP contribution is -2.32. The molecule has 19 heavy (non-hydrogen) atoms. The van der Waals surface area contributed by atoms with Gasteiger partial charge in [0.2, 0.25) is 5.91 Å². The Bertz CT molecular complexity index is 413. The summed E-state index contributed by atoms with van der Waals surface area (Å²) in [6.07, 6.45) is 4.53. The summed E-state index contributed by atoms with van der Waals surface area (Å²) in [6, 6.07) is 0.196. The number of aromatic nitrogens is 1. The van der Waals surface area contributed by atoms with E-state index < -0.39 is 0 Å². The maximum absolute atomic E-state index is 12.0. The molecule has 3 atom stereocenters. The molecule has 0 spiro atoms. The first-order chi connectivity index (χ1) is 8.06. The van der Waals surface area contributed by atoms with Gasteiger partial charge in [0.05, 0.1) is 6.04 Å². The van der Waals surface area contributed by atoms with Crippen LogP contribution < -0.4 is 11.1 Å². The van der Waals surface area contributed by atoms with Gasteiger partial charge in [0, 0.05) is 23.0 Å². The van der Waals surface area contributed by atoms with Crippen LogP contribution in [0, 0.1) is 12.8 Å². The lowest BCUT2D eigenvalue weighted by Gasteiger charge is -2.15. The number of halogens is 2. The summed E-state index contributed by atoms with van der Waals surface area (Å²) in [6.45, 7) is 4.00. The second-order valence-corrected chi connectivity index (χ2v) is 6.08. The van der Waals surface area contributed by atoms with Crippen LogP contribution in [0.25, 0.3) is 0 Å². The first kappa shape index (κ1) is 18.6. The molecule has 1 heterocycles. The van der Waals surface area contributed by atoms with Gasteiger partial charge in [0.15, 0.2) is 0 Å². The third-order valence-electron chi connectivity index (χ3n) is 3.21. The molecule has 1 aromatic rings. The van der Waals surface area contributed by atoms with Crippen molar-refractivity contribution < 1.29 is 4.79 Å². The van der Waals surface area contributed by atoms with E-state index in [2.05, 4.69) is 10.3 Å². The van der Waals surface area contributed by atoms with Crippen LogP contribution in [0.2, 0.25) is 0 Å². The Morgan fingerprint density at radius 2 is 2.21 bits per heavy atom. The molecule has 1 aromatic heterocycles. The summed E-state index contributed by atoms with van der Waals surface area (Å²) in [4.78, 5) is 17.5. The molecule has 0 radical (unpaired) electrons. The minimum absolute atomic E-state index is 0. The molecule has 1 saturated carbocycles. The molecule has 7 heteroatoms. The summed E-state index contributed by atoms with van der Waals surface area (Å²) < 4.78 is 0. The van der Waals surface area contributed by atoms with Gasteiger partial charge >= 0.3 is 0 Å². The van der Waals surface area contributed by atoms with Crippen molar-refractivity contribution in [2.75, 3.05) is 0 Å². The third-order valence-corrected chi connectivity index (χ3v) is 4.31. The Hall–Kier alpha value is -0.360. The van der Waals surface area contributed by atoms with Gasteiger partial charge in [-0.1, -0.05) is 0 Å². The Balaban J connectivity index is 0.00000162. The average molecular weight is 326 g/mol. The van der Waals surface area contributed by atoms with E-state index >= 15 is 0 Å². The maximum atomic E-state index is 12.0. The largest absolute Gasteiger partial charge is 0.347 e. The van der Waals surface area contributed by atoms with Crippen molar-refractivity contribution in [1.29, 1.82) is 0 Å². The van der Waals surface area contributed by atoms with E-state index in [-0.39, 0.29) is 48.7 Å². The molecule has 3 N–H and O–H groups in total. The molecule has 1 fully saturated rings. The predicted molar refractivity (Wildman–Crippen MR) is 83.2 cm³/mol. The van der Waals surface area contributed by atoms with E-state index in [1.54, 1.807) is 11.3 Å². The highest BCUT2D eigenvalue weighted by atomic mass is 35.5. The number of thiazole rings is 1. The molecule has 0 bridgehead atoms. The molecule has 0 saturated heterocycles. The number of hydrogen-bond acceptors (Lipinski definition) is 4. The zero-order chi connectivity index (χ0) is 12.4. The van der Waals surface area contributed by atoms with Crippen molar-refractivity contribution in [1.82, 2.24) is 10.3 Å². The molecule has 0 aromatic carbocycles. The number of carbonyl (C=O) groups excluding carboxylic acids is 1. The molecule has 2 rings (SSSR count). The van der Waals surface area contributed by atoms with Crippen molar-refractivity contribution in [3.05, 3.63) is 16.1 Å². The van der Waals surface area contributed by atoms with Gasteiger partial charge in [-0.2, -0.15) is 0 Å². The second-order valence-electron chi connectivity index (χ2n) is 4.81. The van der Waals surface area contributed by atoms with Crippen molar-refractivity contribution >= 4 is 42.1 Å². The van der Waals surface area contributed by atoms with E-state index in [1.165, 1.54) is 4.88 Å². The van der Waals surface area contributed by atoms with Crippen molar-refractivity contribution in [3.8, 4) is 0 Å². The third kappa shape index (κ3) is 4.91. The fourth-order valence-corrected chi connectivity index (χ4v) is 3.00. The van der Waals surface area contributed by atoms with Crippen LogP contribution in [0.15, 0.2) is 6.20 Å².